The summed E-state index contributed by atoms with van der Waals surface area (Å²) in [6.07, 6.45) is -0.697. The molecule has 2 unspecified atom stereocenters. The molecule has 0 radical (unpaired) electrons. The van der Waals surface area contributed by atoms with E-state index in [1.165, 1.54) is 28.8 Å². The molecule has 176 valence electrons. The number of para-hydroxylation sites is 1. The number of nitro groups is 1. The van der Waals surface area contributed by atoms with E-state index in [9.17, 15) is 29.6 Å². The van der Waals surface area contributed by atoms with Crippen LogP contribution >= 0.6 is 27.7 Å². The summed E-state index contributed by atoms with van der Waals surface area (Å²) in [5, 5.41) is 22.2. The van der Waals surface area contributed by atoms with E-state index in [-0.39, 0.29) is 40.0 Å². The van der Waals surface area contributed by atoms with Crippen LogP contribution in [0.3, 0.4) is 0 Å². The molecule has 2 heterocycles. The van der Waals surface area contributed by atoms with Crippen LogP contribution in [0, 0.1) is 10.1 Å². The van der Waals surface area contributed by atoms with Gasteiger partial charge < -0.3 is 15.2 Å². The fraction of sp³-hybridized carbons (Fsp3) is 0.227. The predicted octanol–water partition coefficient (Wildman–Crippen LogP) is 3.02. The number of ether oxygens (including phenoxy) is 1. The quantitative estimate of drug-likeness (QED) is 0.292. The fourth-order valence-electron chi connectivity index (χ4n) is 3.56. The largest absolute Gasteiger partial charge is 0.480 e. The van der Waals surface area contributed by atoms with E-state index in [1.807, 2.05) is 0 Å². The van der Waals surface area contributed by atoms with Gasteiger partial charge in [-0.2, -0.15) is 0 Å². The van der Waals surface area contributed by atoms with Crippen molar-refractivity contribution >= 4 is 51.2 Å². The average molecular weight is 548 g/mol. The molecule has 3 atom stereocenters. The summed E-state index contributed by atoms with van der Waals surface area (Å²) < 4.78 is 6.10. The molecule has 0 aromatic heterocycles. The van der Waals surface area contributed by atoms with Crippen LogP contribution in [0.1, 0.15) is 12.0 Å². The van der Waals surface area contributed by atoms with Gasteiger partial charge in [0.25, 0.3) is 11.6 Å². The number of nitro benzene ring substituents is 1. The average Bonchev–Trinajstić information content (AvgIpc) is 2.80. The third-order valence-electron chi connectivity index (χ3n) is 5.25. The van der Waals surface area contributed by atoms with Crippen LogP contribution in [0.2, 0.25) is 0 Å². The van der Waals surface area contributed by atoms with E-state index in [2.05, 4.69) is 21.2 Å². The lowest BCUT2D eigenvalue weighted by Gasteiger charge is -2.45. The van der Waals surface area contributed by atoms with Gasteiger partial charge in [-0.1, -0.05) is 30.3 Å². The van der Waals surface area contributed by atoms with Crippen molar-refractivity contribution in [1.82, 2.24) is 10.2 Å². The van der Waals surface area contributed by atoms with E-state index in [1.54, 1.807) is 42.5 Å². The van der Waals surface area contributed by atoms with Crippen molar-refractivity contribution < 1.29 is 29.2 Å². The lowest BCUT2D eigenvalue weighted by atomic mass is 10.1. The number of non-ortho nitro benzene ring substituents is 1. The number of hydrogen-bond acceptors (Lipinski definition) is 7. The Bertz CT molecular complexity index is 1170. The fourth-order valence-corrected chi connectivity index (χ4v) is 5.68. The molecule has 2 amide bonds. The van der Waals surface area contributed by atoms with Crippen LogP contribution < -0.4 is 10.1 Å². The van der Waals surface area contributed by atoms with Crippen LogP contribution in [0.25, 0.3) is 0 Å². The van der Waals surface area contributed by atoms with Gasteiger partial charge in [-0.3, -0.25) is 24.6 Å². The highest BCUT2D eigenvalue weighted by atomic mass is 79.9. The number of carbonyl (C=O) groups is 3. The summed E-state index contributed by atoms with van der Waals surface area (Å²) in [7, 11) is 0. The number of halogens is 1. The van der Waals surface area contributed by atoms with Crippen molar-refractivity contribution in [3.8, 4) is 5.75 Å². The van der Waals surface area contributed by atoms with Crippen molar-refractivity contribution in [3.63, 3.8) is 0 Å². The second-order valence-corrected chi connectivity index (χ2v) is 9.64. The zero-order chi connectivity index (χ0) is 24.4. The minimum absolute atomic E-state index is 0.0674. The number of carboxylic acids is 1. The third kappa shape index (κ3) is 4.92. The maximum absolute atomic E-state index is 13.3. The molecule has 0 aliphatic carbocycles. The zero-order valence-corrected chi connectivity index (χ0v) is 19.8. The van der Waals surface area contributed by atoms with Gasteiger partial charge in [0.1, 0.15) is 16.8 Å². The first-order valence-corrected chi connectivity index (χ1v) is 11.8. The molecular formula is C22H18BrN3O7S. The number of carboxylic acid groups (broad SMARTS) is 1. The van der Waals surface area contributed by atoms with Gasteiger partial charge in [-0.15, -0.1) is 11.8 Å². The van der Waals surface area contributed by atoms with Crippen molar-refractivity contribution in [2.45, 2.75) is 29.7 Å². The molecule has 2 aromatic rings. The van der Waals surface area contributed by atoms with Crippen molar-refractivity contribution in [2.24, 2.45) is 0 Å². The van der Waals surface area contributed by atoms with Crippen molar-refractivity contribution in [2.75, 3.05) is 0 Å². The number of hydrogen-bond donors (Lipinski definition) is 2. The molecule has 10 nitrogen and oxygen atoms in total. The summed E-state index contributed by atoms with van der Waals surface area (Å²) in [6.45, 7) is 0. The highest BCUT2D eigenvalue weighted by molar-refractivity contribution is 9.12. The Morgan fingerprint density at radius 1 is 1.24 bits per heavy atom. The van der Waals surface area contributed by atoms with Gasteiger partial charge in [0.05, 0.1) is 21.2 Å². The van der Waals surface area contributed by atoms with Crippen LogP contribution in [-0.2, 0) is 20.8 Å². The SMILES string of the molecule is O=C(O)C1=C(Br)C(NC(=O)C(Cc2ccc([N+](=O)[O-])cc2)Oc2ccccc2)S[C@@H]2CC(=O)N12. The molecule has 2 N–H and O–H groups in total. The molecule has 2 aromatic carbocycles. The highest BCUT2D eigenvalue weighted by Gasteiger charge is 2.48. The molecule has 34 heavy (non-hydrogen) atoms. The van der Waals surface area contributed by atoms with Crippen molar-refractivity contribution in [3.05, 3.63) is 80.5 Å². The van der Waals surface area contributed by atoms with Gasteiger partial charge in [-0.25, -0.2) is 4.79 Å². The summed E-state index contributed by atoms with van der Waals surface area (Å²) in [5.74, 6) is -1.61. The number of β-lactam (4-membered cyclic amide) rings is 1. The highest BCUT2D eigenvalue weighted by Crippen LogP contribution is 2.45. The lowest BCUT2D eigenvalue weighted by Crippen LogP contribution is -2.57. The number of nitrogens with one attached hydrogen (secondary N) is 1. The molecule has 12 heteroatoms. The Morgan fingerprint density at radius 3 is 2.50 bits per heavy atom. The Hall–Kier alpha value is -3.38. The van der Waals surface area contributed by atoms with Crippen LogP contribution in [0.15, 0.2) is 64.8 Å². The molecule has 2 aliphatic rings. The molecule has 4 rings (SSSR count). The van der Waals surface area contributed by atoms with Gasteiger partial charge >= 0.3 is 5.97 Å². The van der Waals surface area contributed by atoms with Gasteiger partial charge in [0, 0.05) is 18.6 Å². The topological polar surface area (TPSA) is 139 Å². The first-order valence-electron chi connectivity index (χ1n) is 10.1. The van der Waals surface area contributed by atoms with E-state index < -0.39 is 28.3 Å². The number of rotatable bonds is 8. The Morgan fingerprint density at radius 2 is 1.91 bits per heavy atom. The maximum Gasteiger partial charge on any atom is 0.353 e. The Labute approximate surface area is 206 Å². The predicted molar refractivity (Wildman–Crippen MR) is 126 cm³/mol. The molecule has 1 saturated heterocycles. The number of thioether (sulfide) groups is 1. The number of benzene rings is 2. The van der Waals surface area contributed by atoms with Crippen LogP contribution in [0.4, 0.5) is 5.69 Å². The minimum atomic E-state index is -1.27. The van der Waals surface area contributed by atoms with E-state index in [0.717, 1.165) is 0 Å². The molecule has 0 spiro atoms. The minimum Gasteiger partial charge on any atom is -0.480 e. The van der Waals surface area contributed by atoms with E-state index in [4.69, 9.17) is 4.74 Å². The van der Waals surface area contributed by atoms with Gasteiger partial charge in [-0.05, 0) is 33.6 Å². The van der Waals surface area contributed by atoms with Gasteiger partial charge in [0.15, 0.2) is 6.10 Å². The summed E-state index contributed by atoms with van der Waals surface area (Å²) in [5.41, 5.74) is 0.387. The standard InChI is InChI=1S/C22H18BrN3O7S/c23-18-19(22(29)30)25-16(27)11-17(25)34-21(18)24-20(28)15(33-14-4-2-1-3-5-14)10-12-6-8-13(9-7-12)26(31)32/h1-9,15,17,21H,10-11H2,(H,24,28)(H,29,30)/t15?,17-,21?/m1/s1. The summed E-state index contributed by atoms with van der Waals surface area (Å²) in [6, 6.07) is 14.5. The summed E-state index contributed by atoms with van der Waals surface area (Å²) >= 11 is 4.50. The lowest BCUT2D eigenvalue weighted by molar-refractivity contribution is -0.384. The normalized spacial score (nSPS) is 20.1. The number of fused-ring (bicyclic) bond motifs is 1. The van der Waals surface area contributed by atoms with E-state index >= 15 is 0 Å². The Balaban J connectivity index is 1.56. The smallest absolute Gasteiger partial charge is 0.353 e. The second-order valence-electron chi connectivity index (χ2n) is 7.50. The van der Waals surface area contributed by atoms with Crippen LogP contribution in [0.5, 0.6) is 5.75 Å². The maximum atomic E-state index is 13.3. The number of aliphatic carboxylic acids is 1. The first kappa shape index (κ1) is 23.8. The number of carbonyl (C=O) groups excluding carboxylic acids is 2. The Kier molecular flexibility index (Phi) is 6.89. The molecule has 1 fully saturated rings. The van der Waals surface area contributed by atoms with Gasteiger partial charge in [0.2, 0.25) is 5.91 Å². The zero-order valence-electron chi connectivity index (χ0n) is 17.4. The molecular weight excluding hydrogens is 530 g/mol. The third-order valence-corrected chi connectivity index (χ3v) is 7.71. The molecule has 0 bridgehead atoms. The number of amides is 2. The first-order chi connectivity index (χ1) is 16.2. The molecule has 2 aliphatic heterocycles. The monoisotopic (exact) mass is 547 g/mol. The number of nitrogens with zero attached hydrogens (tertiary/aromatic N) is 2. The summed E-state index contributed by atoms with van der Waals surface area (Å²) in [4.78, 5) is 48.5. The second kappa shape index (κ2) is 9.85. The van der Waals surface area contributed by atoms with Crippen molar-refractivity contribution in [1.29, 1.82) is 0 Å². The molecule has 0 saturated carbocycles. The van der Waals surface area contributed by atoms with Crippen LogP contribution in [-0.4, -0.2) is 49.6 Å². The van der Waals surface area contributed by atoms with E-state index in [0.29, 0.717) is 11.3 Å².